The second kappa shape index (κ2) is 6.31. The van der Waals surface area contributed by atoms with Crippen LogP contribution in [0.4, 0.5) is 0 Å². The summed E-state index contributed by atoms with van der Waals surface area (Å²) >= 11 is 9.12. The summed E-state index contributed by atoms with van der Waals surface area (Å²) in [6, 6.07) is 4.52. The molecule has 0 amide bonds. The first-order valence-electron chi connectivity index (χ1n) is 5.53. The van der Waals surface area contributed by atoms with Gasteiger partial charge < -0.3 is 18.9 Å². The van der Waals surface area contributed by atoms with Crippen LogP contribution in [0.3, 0.4) is 0 Å². The molecule has 0 saturated heterocycles. The number of hydrogen-bond donors (Lipinski definition) is 2. The molecule has 0 aliphatic rings. The zero-order valence-corrected chi connectivity index (χ0v) is 14.1. The lowest BCUT2D eigenvalue weighted by atomic mass is 10.1. The summed E-state index contributed by atoms with van der Waals surface area (Å²) < 4.78 is 16.8. The van der Waals surface area contributed by atoms with Crippen LogP contribution in [0.2, 0.25) is 5.02 Å². The minimum Gasteiger partial charge on any atom is -0.611 e. The largest absolute Gasteiger partial charge is 0.611 e. The van der Waals surface area contributed by atoms with E-state index >= 15 is 0 Å². The highest BCUT2D eigenvalue weighted by molar-refractivity contribution is 8.06. The number of rotatable bonds is 5. The molecular formula is C11H16ClO4PS2. The van der Waals surface area contributed by atoms with Gasteiger partial charge in [0.15, 0.2) is 4.90 Å². The van der Waals surface area contributed by atoms with Crippen molar-refractivity contribution in [1.82, 2.24) is 0 Å². The van der Waals surface area contributed by atoms with Crippen LogP contribution in [0.5, 0.6) is 5.75 Å². The summed E-state index contributed by atoms with van der Waals surface area (Å²) in [7, 11) is 0. The molecule has 0 fully saturated rings. The van der Waals surface area contributed by atoms with Gasteiger partial charge in [-0.2, -0.15) is 0 Å². The lowest BCUT2D eigenvalue weighted by Gasteiger charge is -2.27. The molecule has 0 heterocycles. The van der Waals surface area contributed by atoms with E-state index in [9.17, 15) is 4.55 Å². The van der Waals surface area contributed by atoms with Crippen LogP contribution in [-0.4, -0.2) is 19.1 Å². The Morgan fingerprint density at radius 2 is 2.05 bits per heavy atom. The Balaban J connectivity index is 3.03. The van der Waals surface area contributed by atoms with Gasteiger partial charge >= 0.3 is 6.72 Å². The minimum atomic E-state index is -3.82. The molecule has 0 aromatic heterocycles. The van der Waals surface area contributed by atoms with Crippen molar-refractivity contribution in [3.8, 4) is 5.75 Å². The Hall–Kier alpha value is 0.190. The molecule has 2 N–H and O–H groups in total. The van der Waals surface area contributed by atoms with Gasteiger partial charge in [-0.05, 0) is 43.6 Å². The third-order valence-corrected chi connectivity index (χ3v) is 5.62. The highest BCUT2D eigenvalue weighted by Gasteiger charge is 2.32. The molecule has 0 saturated carbocycles. The van der Waals surface area contributed by atoms with Gasteiger partial charge in [-0.3, -0.25) is 0 Å². The summed E-state index contributed by atoms with van der Waals surface area (Å²) in [6.07, 6.45) is 0.754. The van der Waals surface area contributed by atoms with Crippen molar-refractivity contribution in [2.75, 3.05) is 0 Å². The topological polar surface area (TPSA) is 72.8 Å². The molecule has 1 aromatic carbocycles. The smallest absolute Gasteiger partial charge is 0.375 e. The molecule has 4 nitrogen and oxygen atoms in total. The third-order valence-electron chi connectivity index (χ3n) is 2.69. The summed E-state index contributed by atoms with van der Waals surface area (Å²) in [5.41, 5.74) is 0. The third kappa shape index (κ3) is 4.90. The quantitative estimate of drug-likeness (QED) is 0.635. The van der Waals surface area contributed by atoms with Gasteiger partial charge in [0.05, 0.1) is 5.02 Å². The van der Waals surface area contributed by atoms with Gasteiger partial charge in [0, 0.05) is 17.9 Å². The monoisotopic (exact) mass is 342 g/mol. The van der Waals surface area contributed by atoms with Crippen LogP contribution in [0.25, 0.3) is 0 Å². The molecule has 0 radical (unpaired) electrons. The van der Waals surface area contributed by atoms with Crippen LogP contribution in [0.1, 0.15) is 27.2 Å². The van der Waals surface area contributed by atoms with E-state index in [1.54, 1.807) is 6.07 Å². The Labute approximate surface area is 126 Å². The molecule has 0 bridgehead atoms. The maximum atomic E-state index is 12.3. The average Bonchev–Trinajstić information content (AvgIpc) is 2.29. The zero-order valence-electron chi connectivity index (χ0n) is 10.8. The van der Waals surface area contributed by atoms with Gasteiger partial charge in [-0.15, -0.1) is 0 Å². The van der Waals surface area contributed by atoms with Gasteiger partial charge in [-0.1, -0.05) is 18.5 Å². The van der Waals surface area contributed by atoms with Crippen molar-refractivity contribution in [2.24, 2.45) is 0 Å². The van der Waals surface area contributed by atoms with Gasteiger partial charge in [0.1, 0.15) is 10.5 Å². The van der Waals surface area contributed by atoms with Gasteiger partial charge in [0.2, 0.25) is 0 Å². The van der Waals surface area contributed by atoms with Crippen molar-refractivity contribution >= 4 is 41.3 Å². The average molecular weight is 343 g/mol. The zero-order chi connectivity index (χ0) is 14.8. The van der Waals surface area contributed by atoms with Crippen LogP contribution in [0.15, 0.2) is 23.1 Å². The van der Waals surface area contributed by atoms with Crippen LogP contribution in [-0.2, 0) is 23.0 Å². The highest BCUT2D eigenvalue weighted by atomic mass is 35.5. The summed E-state index contributed by atoms with van der Waals surface area (Å²) in [5, 5.41) is 0.148. The van der Waals surface area contributed by atoms with Crippen LogP contribution < -0.4 is 4.52 Å². The summed E-state index contributed by atoms with van der Waals surface area (Å²) in [4.78, 5) is 18.7. The SMILES string of the molecule is CCC(C)(C)[S+]([O-])c1ccc(OP(O)(O)=S)c(Cl)c1. The maximum absolute atomic E-state index is 12.3. The van der Waals surface area contributed by atoms with Crippen molar-refractivity contribution in [1.29, 1.82) is 0 Å². The Kier molecular flexibility index (Phi) is 5.72. The standard InChI is InChI=1S/C11H16ClO4PS2/c1-4-11(2,3)19(15)8-5-6-10(9(12)7-8)16-17(13,14)18/h5-7H,4H2,1-3H3,(H2,13,14,18). The fourth-order valence-electron chi connectivity index (χ4n) is 1.25. The number of halogens is 1. The first-order chi connectivity index (χ1) is 8.57. The van der Waals surface area contributed by atoms with Gasteiger partial charge in [-0.25, -0.2) is 0 Å². The van der Waals surface area contributed by atoms with E-state index in [0.717, 1.165) is 6.42 Å². The predicted octanol–water partition coefficient (Wildman–Crippen LogP) is 3.22. The maximum Gasteiger partial charge on any atom is 0.375 e. The van der Waals surface area contributed by atoms with E-state index in [-0.39, 0.29) is 15.5 Å². The predicted molar refractivity (Wildman–Crippen MR) is 81.6 cm³/mol. The molecule has 19 heavy (non-hydrogen) atoms. The van der Waals surface area contributed by atoms with E-state index in [2.05, 4.69) is 11.8 Å². The molecule has 108 valence electrons. The van der Waals surface area contributed by atoms with Crippen molar-refractivity contribution in [3.63, 3.8) is 0 Å². The fraction of sp³-hybridized carbons (Fsp3) is 0.455. The van der Waals surface area contributed by atoms with Crippen LogP contribution >= 0.6 is 18.3 Å². The lowest BCUT2D eigenvalue weighted by molar-refractivity contribution is 0.370. The van der Waals surface area contributed by atoms with Gasteiger partial charge in [0.25, 0.3) is 0 Å². The second-order valence-electron chi connectivity index (χ2n) is 4.56. The lowest BCUT2D eigenvalue weighted by Crippen LogP contribution is -2.31. The molecule has 1 unspecified atom stereocenters. The highest BCUT2D eigenvalue weighted by Crippen LogP contribution is 2.42. The van der Waals surface area contributed by atoms with E-state index in [1.165, 1.54) is 12.1 Å². The van der Waals surface area contributed by atoms with E-state index in [0.29, 0.717) is 4.90 Å². The van der Waals surface area contributed by atoms with Crippen LogP contribution in [0, 0.1) is 0 Å². The molecule has 1 rings (SSSR count). The number of benzene rings is 1. The second-order valence-corrected chi connectivity index (χ2v) is 9.67. The Morgan fingerprint density at radius 3 is 2.47 bits per heavy atom. The summed E-state index contributed by atoms with van der Waals surface area (Å²) in [6.45, 7) is 1.96. The van der Waals surface area contributed by atoms with E-state index in [4.69, 9.17) is 25.9 Å². The molecule has 1 atom stereocenters. The molecule has 8 heteroatoms. The van der Waals surface area contributed by atoms with Crippen molar-refractivity contribution < 1.29 is 18.9 Å². The number of hydrogen-bond acceptors (Lipinski definition) is 3. The Bertz CT molecular complexity index is 503. The normalized spacial score (nSPS) is 14.3. The first-order valence-corrected chi connectivity index (χ1v) is 9.69. The minimum absolute atomic E-state index is 0.0741. The Morgan fingerprint density at radius 1 is 1.47 bits per heavy atom. The summed E-state index contributed by atoms with van der Waals surface area (Å²) in [5.74, 6) is 0.0741. The fourth-order valence-corrected chi connectivity index (χ4v) is 3.56. The van der Waals surface area contributed by atoms with E-state index < -0.39 is 17.9 Å². The first kappa shape index (κ1) is 17.2. The molecule has 1 aromatic rings. The molecule has 0 aliphatic heterocycles. The van der Waals surface area contributed by atoms with Crippen molar-refractivity contribution in [3.05, 3.63) is 23.2 Å². The van der Waals surface area contributed by atoms with Crippen molar-refractivity contribution in [2.45, 2.75) is 36.8 Å². The molecular weight excluding hydrogens is 327 g/mol. The van der Waals surface area contributed by atoms with E-state index in [1.807, 2.05) is 20.8 Å². The molecule has 0 aliphatic carbocycles. The molecule has 0 spiro atoms.